The second-order valence-electron chi connectivity index (χ2n) is 6.74. The zero-order chi connectivity index (χ0) is 19.1. The van der Waals surface area contributed by atoms with Gasteiger partial charge in [-0.15, -0.1) is 0 Å². The van der Waals surface area contributed by atoms with Crippen LogP contribution in [0.15, 0.2) is 48.6 Å². The molecule has 0 radical (unpaired) electrons. The van der Waals surface area contributed by atoms with Gasteiger partial charge in [-0.05, 0) is 41.7 Å². The lowest BCUT2D eigenvalue weighted by atomic mass is 9.74. The van der Waals surface area contributed by atoms with Crippen molar-refractivity contribution < 1.29 is 19.4 Å². The maximum atomic E-state index is 12.3. The molecule has 4 rings (SSSR count). The van der Waals surface area contributed by atoms with Crippen LogP contribution in [0, 0.1) is 5.92 Å². The highest BCUT2D eigenvalue weighted by Crippen LogP contribution is 2.53. The zero-order valence-corrected chi connectivity index (χ0v) is 15.4. The first-order chi connectivity index (χ1) is 13.0. The first-order valence-corrected chi connectivity index (χ1v) is 9.07. The number of anilines is 1. The van der Waals surface area contributed by atoms with Crippen LogP contribution < -0.4 is 5.32 Å². The third-order valence-corrected chi connectivity index (χ3v) is 5.72. The molecule has 0 aromatic heterocycles. The minimum atomic E-state index is -0.963. The molecule has 2 aliphatic rings. The van der Waals surface area contributed by atoms with Gasteiger partial charge in [0.05, 0.1) is 35.0 Å². The second-order valence-corrected chi connectivity index (χ2v) is 7.15. The van der Waals surface area contributed by atoms with Gasteiger partial charge < -0.3 is 15.2 Å². The molecule has 1 aliphatic heterocycles. The van der Waals surface area contributed by atoms with E-state index < -0.39 is 11.9 Å². The van der Waals surface area contributed by atoms with Crippen molar-refractivity contribution in [3.63, 3.8) is 0 Å². The number of allylic oxidation sites excluding steroid dienone is 2. The average molecular weight is 384 g/mol. The molecule has 0 fully saturated rings. The number of ether oxygens (including phenoxy) is 1. The van der Waals surface area contributed by atoms with Crippen LogP contribution in [0.1, 0.15) is 50.2 Å². The normalized spacial score (nSPS) is 22.5. The number of carbonyl (C=O) groups excluding carboxylic acids is 1. The molecule has 0 unspecified atom stereocenters. The highest BCUT2D eigenvalue weighted by atomic mass is 35.5. The summed E-state index contributed by atoms with van der Waals surface area (Å²) in [6.45, 7) is 0. The summed E-state index contributed by atoms with van der Waals surface area (Å²) in [5.74, 6) is -1.33. The number of aromatic carboxylic acids is 1. The van der Waals surface area contributed by atoms with Crippen LogP contribution in [0.2, 0.25) is 5.02 Å². The van der Waals surface area contributed by atoms with Crippen LogP contribution in [0.4, 0.5) is 5.69 Å². The summed E-state index contributed by atoms with van der Waals surface area (Å²) in [5.41, 5.74) is 2.95. The number of benzene rings is 2. The number of hydrogen-bond donors (Lipinski definition) is 2. The summed E-state index contributed by atoms with van der Waals surface area (Å²) in [7, 11) is 1.35. The van der Waals surface area contributed by atoms with Gasteiger partial charge in [0.15, 0.2) is 0 Å². The standard InChI is InChI=1S/C21H18ClNO4/c1-27-21(26)15-9-10-16(22)19-17(15)11-7-4-8-12(11)18(23-19)13-5-2-3-6-14(13)20(24)25/h2-7,9-12,18,23H,8H2,1H3,(H,24,25)/t11-,12-,18+/m1/s1. The number of fused-ring (bicyclic) bond motifs is 3. The van der Waals surface area contributed by atoms with Gasteiger partial charge >= 0.3 is 11.9 Å². The van der Waals surface area contributed by atoms with E-state index in [9.17, 15) is 14.7 Å². The molecule has 2 N–H and O–H groups in total. The predicted molar refractivity (Wildman–Crippen MR) is 103 cm³/mol. The molecule has 0 spiro atoms. The fraction of sp³-hybridized carbons (Fsp3) is 0.238. The van der Waals surface area contributed by atoms with Crippen molar-refractivity contribution in [3.05, 3.63) is 75.8 Å². The Labute approximate surface area is 161 Å². The van der Waals surface area contributed by atoms with Crippen LogP contribution in [0.5, 0.6) is 0 Å². The molecule has 6 heteroatoms. The van der Waals surface area contributed by atoms with E-state index in [4.69, 9.17) is 16.3 Å². The minimum absolute atomic E-state index is 0.0408. The summed E-state index contributed by atoms with van der Waals surface area (Å²) < 4.78 is 4.94. The van der Waals surface area contributed by atoms with Gasteiger partial charge in [-0.25, -0.2) is 9.59 Å². The summed E-state index contributed by atoms with van der Waals surface area (Å²) in [6.07, 6.45) is 4.93. The lowest BCUT2D eigenvalue weighted by Gasteiger charge is -2.39. The Kier molecular flexibility index (Phi) is 4.40. The van der Waals surface area contributed by atoms with E-state index in [2.05, 4.69) is 17.5 Å². The van der Waals surface area contributed by atoms with E-state index in [0.717, 1.165) is 12.0 Å². The van der Waals surface area contributed by atoms with Gasteiger partial charge in [-0.3, -0.25) is 0 Å². The van der Waals surface area contributed by atoms with Gasteiger partial charge in [0, 0.05) is 5.92 Å². The van der Waals surface area contributed by atoms with Crippen molar-refractivity contribution >= 4 is 29.2 Å². The Bertz CT molecular complexity index is 969. The molecular formula is C21H18ClNO4. The lowest BCUT2D eigenvalue weighted by molar-refractivity contribution is 0.0598. The molecule has 2 aromatic rings. The highest BCUT2D eigenvalue weighted by Gasteiger charge is 2.42. The van der Waals surface area contributed by atoms with Crippen LogP contribution in [0.25, 0.3) is 0 Å². The van der Waals surface area contributed by atoms with Crippen LogP contribution in [-0.2, 0) is 4.74 Å². The topological polar surface area (TPSA) is 75.6 Å². The SMILES string of the molecule is COC(=O)c1ccc(Cl)c2c1[C@@H]1C=CC[C@H]1[C@@H](c1ccccc1C(=O)O)N2. The monoisotopic (exact) mass is 383 g/mol. The average Bonchev–Trinajstić information content (AvgIpc) is 3.17. The van der Waals surface area contributed by atoms with E-state index in [1.807, 2.05) is 12.1 Å². The highest BCUT2D eigenvalue weighted by molar-refractivity contribution is 6.33. The molecule has 5 nitrogen and oxygen atoms in total. The number of esters is 1. The number of rotatable bonds is 3. The van der Waals surface area contributed by atoms with E-state index >= 15 is 0 Å². The van der Waals surface area contributed by atoms with Crippen LogP contribution in [0.3, 0.4) is 0 Å². The molecule has 0 amide bonds. The molecule has 0 saturated heterocycles. The molecular weight excluding hydrogens is 366 g/mol. The van der Waals surface area contributed by atoms with Crippen LogP contribution >= 0.6 is 11.6 Å². The van der Waals surface area contributed by atoms with E-state index in [1.165, 1.54) is 7.11 Å². The summed E-state index contributed by atoms with van der Waals surface area (Å²) >= 11 is 6.45. The van der Waals surface area contributed by atoms with E-state index in [0.29, 0.717) is 21.8 Å². The Morgan fingerprint density at radius 2 is 1.96 bits per heavy atom. The largest absolute Gasteiger partial charge is 0.478 e. The van der Waals surface area contributed by atoms with Crippen molar-refractivity contribution in [2.45, 2.75) is 18.4 Å². The summed E-state index contributed by atoms with van der Waals surface area (Å²) in [5, 5.41) is 13.5. The van der Waals surface area contributed by atoms with Crippen molar-refractivity contribution in [3.8, 4) is 0 Å². The van der Waals surface area contributed by atoms with Gasteiger partial charge in [0.2, 0.25) is 0 Å². The van der Waals surface area contributed by atoms with Gasteiger partial charge in [0.25, 0.3) is 0 Å². The maximum absolute atomic E-state index is 12.3. The number of carbonyl (C=O) groups is 2. The molecule has 27 heavy (non-hydrogen) atoms. The molecule has 0 saturated carbocycles. The molecule has 2 aromatic carbocycles. The summed E-state index contributed by atoms with van der Waals surface area (Å²) in [4.78, 5) is 24.0. The fourth-order valence-corrected chi connectivity index (χ4v) is 4.45. The lowest BCUT2D eigenvalue weighted by Crippen LogP contribution is -2.31. The number of carboxylic acids is 1. The van der Waals surface area contributed by atoms with Gasteiger partial charge in [-0.2, -0.15) is 0 Å². The van der Waals surface area contributed by atoms with Gasteiger partial charge in [-0.1, -0.05) is 42.0 Å². The first kappa shape index (κ1) is 17.6. The molecule has 138 valence electrons. The quantitative estimate of drug-likeness (QED) is 0.596. The molecule has 1 heterocycles. The smallest absolute Gasteiger partial charge is 0.338 e. The third-order valence-electron chi connectivity index (χ3n) is 5.40. The second kappa shape index (κ2) is 6.74. The third kappa shape index (κ3) is 2.79. The molecule has 3 atom stereocenters. The van der Waals surface area contributed by atoms with Crippen molar-refractivity contribution in [2.75, 3.05) is 12.4 Å². The summed E-state index contributed by atoms with van der Waals surface area (Å²) in [6, 6.07) is 10.1. The number of methoxy groups -OCH3 is 1. The Hall–Kier alpha value is -2.79. The van der Waals surface area contributed by atoms with E-state index in [1.54, 1.807) is 24.3 Å². The number of halogens is 1. The number of nitrogens with one attached hydrogen (secondary N) is 1. The number of carboxylic acid groups (broad SMARTS) is 1. The molecule has 1 aliphatic carbocycles. The van der Waals surface area contributed by atoms with Crippen molar-refractivity contribution in [2.24, 2.45) is 5.92 Å². The first-order valence-electron chi connectivity index (χ1n) is 8.69. The Balaban J connectivity index is 1.89. The predicted octanol–water partition coefficient (Wildman–Crippen LogP) is 4.65. The van der Waals surface area contributed by atoms with E-state index in [-0.39, 0.29) is 23.4 Å². The van der Waals surface area contributed by atoms with Crippen LogP contribution in [-0.4, -0.2) is 24.2 Å². The minimum Gasteiger partial charge on any atom is -0.478 e. The Morgan fingerprint density at radius 1 is 1.19 bits per heavy atom. The maximum Gasteiger partial charge on any atom is 0.338 e. The zero-order valence-electron chi connectivity index (χ0n) is 14.6. The molecule has 0 bridgehead atoms. The van der Waals surface area contributed by atoms with Crippen molar-refractivity contribution in [1.82, 2.24) is 0 Å². The van der Waals surface area contributed by atoms with Crippen molar-refractivity contribution in [1.29, 1.82) is 0 Å². The fourth-order valence-electron chi connectivity index (χ4n) is 4.23. The van der Waals surface area contributed by atoms with Gasteiger partial charge in [0.1, 0.15) is 0 Å². The Morgan fingerprint density at radius 3 is 2.70 bits per heavy atom. The number of hydrogen-bond acceptors (Lipinski definition) is 4.